The second kappa shape index (κ2) is 5.18. The van der Waals surface area contributed by atoms with Crippen molar-refractivity contribution in [3.05, 3.63) is 36.5 Å². The molecule has 0 bridgehead atoms. The highest BCUT2D eigenvalue weighted by Gasteiger charge is 1.97. The Morgan fingerprint density at radius 3 is 3.12 bits per heavy atom. The Kier molecular flexibility index (Phi) is 3.40. The molecule has 0 saturated carbocycles. The highest BCUT2D eigenvalue weighted by atomic mass is 16.5. The maximum Gasteiger partial charge on any atom is 0.121 e. The number of terminal acetylenes is 1. The summed E-state index contributed by atoms with van der Waals surface area (Å²) in [5.41, 5.74) is 0.956. The van der Waals surface area contributed by atoms with Crippen LogP contribution >= 0.6 is 0 Å². The van der Waals surface area contributed by atoms with Gasteiger partial charge < -0.3 is 4.74 Å². The van der Waals surface area contributed by atoms with Gasteiger partial charge in [-0.1, -0.05) is 6.07 Å². The zero-order chi connectivity index (χ0) is 11.2. The van der Waals surface area contributed by atoms with Crippen molar-refractivity contribution in [2.24, 2.45) is 0 Å². The predicted molar refractivity (Wildman–Crippen MR) is 65.3 cm³/mol. The number of hydrogen-bond acceptors (Lipinski definition) is 2. The maximum absolute atomic E-state index is 5.58. The summed E-state index contributed by atoms with van der Waals surface area (Å²) in [5, 5.41) is 1.12. The first kappa shape index (κ1) is 10.5. The number of unbranched alkanes of at least 4 members (excludes halogenated alkanes) is 1. The highest BCUT2D eigenvalue weighted by molar-refractivity contribution is 5.79. The molecule has 0 spiro atoms. The smallest absolute Gasteiger partial charge is 0.121 e. The summed E-state index contributed by atoms with van der Waals surface area (Å²) in [6.45, 7) is 0.655. The van der Waals surface area contributed by atoms with Gasteiger partial charge in [-0.2, -0.15) is 0 Å². The molecule has 1 aromatic carbocycles. The van der Waals surface area contributed by atoms with Gasteiger partial charge >= 0.3 is 0 Å². The molecule has 0 N–H and O–H groups in total. The van der Waals surface area contributed by atoms with Crippen LogP contribution in [0.25, 0.3) is 10.9 Å². The topological polar surface area (TPSA) is 22.1 Å². The summed E-state index contributed by atoms with van der Waals surface area (Å²) in [6.07, 6.45) is 8.59. The van der Waals surface area contributed by atoms with E-state index in [0.717, 1.165) is 29.5 Å². The Labute approximate surface area is 95.3 Å². The molecule has 1 aromatic heterocycles. The lowest BCUT2D eigenvalue weighted by molar-refractivity contribution is 0.313. The van der Waals surface area contributed by atoms with Crippen molar-refractivity contribution < 1.29 is 4.74 Å². The minimum atomic E-state index is 0.655. The molecule has 16 heavy (non-hydrogen) atoms. The average molecular weight is 211 g/mol. The standard InChI is InChI=1S/C14H13NO/c1-2-3-4-10-16-13-8-7-12-6-5-9-15-14(12)11-13/h1,5-9,11H,3-4,10H2. The lowest BCUT2D eigenvalue weighted by Gasteiger charge is -2.05. The van der Waals surface area contributed by atoms with Gasteiger partial charge in [-0.25, -0.2) is 0 Å². The molecule has 0 unspecified atom stereocenters. The minimum Gasteiger partial charge on any atom is -0.493 e. The van der Waals surface area contributed by atoms with Crippen LogP contribution in [-0.4, -0.2) is 11.6 Å². The Bertz CT molecular complexity index is 513. The Hall–Kier alpha value is -2.01. The molecular formula is C14H13NO. The van der Waals surface area contributed by atoms with E-state index in [1.807, 2.05) is 30.3 Å². The summed E-state index contributed by atoms with van der Waals surface area (Å²) < 4.78 is 5.58. The third-order valence-corrected chi connectivity index (χ3v) is 2.31. The Morgan fingerprint density at radius 2 is 2.25 bits per heavy atom. The molecule has 2 rings (SSSR count). The highest BCUT2D eigenvalue weighted by Crippen LogP contribution is 2.18. The molecule has 0 aliphatic rings. The van der Waals surface area contributed by atoms with Crippen LogP contribution in [0.4, 0.5) is 0 Å². The number of rotatable bonds is 4. The van der Waals surface area contributed by atoms with Crippen LogP contribution in [-0.2, 0) is 0 Å². The largest absolute Gasteiger partial charge is 0.493 e. The van der Waals surface area contributed by atoms with Gasteiger partial charge in [0, 0.05) is 24.1 Å². The van der Waals surface area contributed by atoms with E-state index in [4.69, 9.17) is 11.2 Å². The van der Waals surface area contributed by atoms with Gasteiger partial charge in [0.15, 0.2) is 0 Å². The number of hydrogen-bond donors (Lipinski definition) is 0. The number of benzene rings is 1. The van der Waals surface area contributed by atoms with E-state index >= 15 is 0 Å². The van der Waals surface area contributed by atoms with Crippen molar-refractivity contribution >= 4 is 10.9 Å². The van der Waals surface area contributed by atoms with Crippen molar-refractivity contribution in [2.75, 3.05) is 6.61 Å². The van der Waals surface area contributed by atoms with Gasteiger partial charge in [-0.05, 0) is 24.6 Å². The summed E-state index contributed by atoms with van der Waals surface area (Å²) in [7, 11) is 0. The van der Waals surface area contributed by atoms with Crippen LogP contribution in [0, 0.1) is 12.3 Å². The lowest BCUT2D eigenvalue weighted by Crippen LogP contribution is -1.96. The first-order valence-corrected chi connectivity index (χ1v) is 5.31. The molecule has 2 heteroatoms. The number of fused-ring (bicyclic) bond motifs is 1. The first-order chi connectivity index (χ1) is 7.90. The van der Waals surface area contributed by atoms with Gasteiger partial charge in [0.05, 0.1) is 12.1 Å². The normalized spacial score (nSPS) is 9.94. The van der Waals surface area contributed by atoms with Gasteiger partial charge in [0.1, 0.15) is 5.75 Å². The molecule has 1 heterocycles. The molecule has 0 saturated heterocycles. The monoisotopic (exact) mass is 211 g/mol. The van der Waals surface area contributed by atoms with E-state index in [-0.39, 0.29) is 0 Å². The summed E-state index contributed by atoms with van der Waals surface area (Å²) in [5.74, 6) is 3.44. The van der Waals surface area contributed by atoms with Crippen molar-refractivity contribution in [1.82, 2.24) is 4.98 Å². The fourth-order valence-corrected chi connectivity index (χ4v) is 1.50. The molecule has 0 fully saturated rings. The number of pyridine rings is 1. The van der Waals surface area contributed by atoms with Crippen LogP contribution in [0.5, 0.6) is 5.75 Å². The van der Waals surface area contributed by atoms with Crippen molar-refractivity contribution in [1.29, 1.82) is 0 Å². The van der Waals surface area contributed by atoms with Crippen LogP contribution < -0.4 is 4.74 Å². The minimum absolute atomic E-state index is 0.655. The summed E-state index contributed by atoms with van der Waals surface area (Å²) in [4.78, 5) is 4.27. The van der Waals surface area contributed by atoms with E-state index in [0.29, 0.717) is 6.61 Å². The van der Waals surface area contributed by atoms with Crippen molar-refractivity contribution in [2.45, 2.75) is 12.8 Å². The Morgan fingerprint density at radius 1 is 1.31 bits per heavy atom. The number of ether oxygens (including phenoxy) is 1. The number of aromatic nitrogens is 1. The third-order valence-electron chi connectivity index (χ3n) is 2.31. The van der Waals surface area contributed by atoms with Crippen molar-refractivity contribution in [3.8, 4) is 18.1 Å². The predicted octanol–water partition coefficient (Wildman–Crippen LogP) is 3.03. The second-order valence-electron chi connectivity index (χ2n) is 3.51. The van der Waals surface area contributed by atoms with E-state index in [9.17, 15) is 0 Å². The maximum atomic E-state index is 5.58. The van der Waals surface area contributed by atoms with E-state index in [2.05, 4.69) is 10.9 Å². The molecule has 0 aliphatic carbocycles. The van der Waals surface area contributed by atoms with Gasteiger partial charge in [0.2, 0.25) is 0 Å². The molecule has 0 radical (unpaired) electrons. The van der Waals surface area contributed by atoms with Gasteiger partial charge in [-0.15, -0.1) is 12.3 Å². The van der Waals surface area contributed by atoms with Crippen molar-refractivity contribution in [3.63, 3.8) is 0 Å². The van der Waals surface area contributed by atoms with Crippen LogP contribution in [0.1, 0.15) is 12.8 Å². The van der Waals surface area contributed by atoms with Crippen LogP contribution in [0.2, 0.25) is 0 Å². The number of nitrogens with zero attached hydrogens (tertiary/aromatic N) is 1. The average Bonchev–Trinajstić information content (AvgIpc) is 2.34. The molecule has 0 aliphatic heterocycles. The van der Waals surface area contributed by atoms with E-state index < -0.39 is 0 Å². The molecular weight excluding hydrogens is 198 g/mol. The van der Waals surface area contributed by atoms with Gasteiger partial charge in [0.25, 0.3) is 0 Å². The van der Waals surface area contributed by atoms with E-state index in [1.165, 1.54) is 0 Å². The zero-order valence-corrected chi connectivity index (χ0v) is 9.02. The summed E-state index contributed by atoms with van der Waals surface area (Å²) >= 11 is 0. The molecule has 80 valence electrons. The fraction of sp³-hybridized carbons (Fsp3) is 0.214. The summed E-state index contributed by atoms with van der Waals surface area (Å²) in [6, 6.07) is 9.88. The first-order valence-electron chi connectivity index (χ1n) is 5.31. The van der Waals surface area contributed by atoms with Crippen LogP contribution in [0.3, 0.4) is 0 Å². The Balaban J connectivity index is 2.05. The fourth-order valence-electron chi connectivity index (χ4n) is 1.50. The quantitative estimate of drug-likeness (QED) is 0.573. The SMILES string of the molecule is C#CCCCOc1ccc2cccnc2c1. The molecule has 2 aromatic rings. The molecule has 0 atom stereocenters. The second-order valence-corrected chi connectivity index (χ2v) is 3.51. The van der Waals surface area contributed by atoms with E-state index in [1.54, 1.807) is 6.20 Å². The molecule has 2 nitrogen and oxygen atoms in total. The van der Waals surface area contributed by atoms with Crippen LogP contribution in [0.15, 0.2) is 36.5 Å². The molecule has 0 amide bonds. The lowest BCUT2D eigenvalue weighted by atomic mass is 10.2. The zero-order valence-electron chi connectivity index (χ0n) is 9.02. The van der Waals surface area contributed by atoms with Gasteiger partial charge in [-0.3, -0.25) is 4.98 Å². The third kappa shape index (κ3) is 2.52.